The van der Waals surface area contributed by atoms with Gasteiger partial charge < -0.3 is 15.4 Å². The fourth-order valence-corrected chi connectivity index (χ4v) is 3.61. The van der Waals surface area contributed by atoms with Gasteiger partial charge in [0.05, 0.1) is 11.9 Å². The van der Waals surface area contributed by atoms with Crippen molar-refractivity contribution in [3.05, 3.63) is 35.6 Å². The van der Waals surface area contributed by atoms with E-state index in [2.05, 4.69) is 10.6 Å². The van der Waals surface area contributed by atoms with Crippen LogP contribution in [0.25, 0.3) is 0 Å². The number of amides is 2. The SMILES string of the molecule is COC1(CNC(=O)NCc2ccc(F)cc2)CCN(S(C)(=O)=O)CC1. The second kappa shape index (κ2) is 8.11. The van der Waals surface area contributed by atoms with Crippen molar-refractivity contribution >= 4 is 16.1 Å². The zero-order valence-electron chi connectivity index (χ0n) is 14.4. The van der Waals surface area contributed by atoms with Crippen molar-refractivity contribution in [1.82, 2.24) is 14.9 Å². The van der Waals surface area contributed by atoms with Crippen LogP contribution in [0.4, 0.5) is 9.18 Å². The van der Waals surface area contributed by atoms with Crippen LogP contribution in [-0.4, -0.2) is 57.4 Å². The lowest BCUT2D eigenvalue weighted by atomic mass is 9.92. The van der Waals surface area contributed by atoms with E-state index < -0.39 is 15.6 Å². The van der Waals surface area contributed by atoms with E-state index in [9.17, 15) is 17.6 Å². The molecular weight excluding hydrogens is 349 g/mol. The molecule has 2 amide bonds. The van der Waals surface area contributed by atoms with Gasteiger partial charge in [0, 0.05) is 33.3 Å². The Morgan fingerprint density at radius 1 is 1.24 bits per heavy atom. The zero-order valence-corrected chi connectivity index (χ0v) is 15.2. The first kappa shape index (κ1) is 19.6. The lowest BCUT2D eigenvalue weighted by Crippen LogP contribution is -2.54. The lowest BCUT2D eigenvalue weighted by Gasteiger charge is -2.39. The van der Waals surface area contributed by atoms with Gasteiger partial charge >= 0.3 is 6.03 Å². The number of methoxy groups -OCH3 is 1. The van der Waals surface area contributed by atoms with Crippen LogP contribution in [0.1, 0.15) is 18.4 Å². The maximum Gasteiger partial charge on any atom is 0.315 e. The van der Waals surface area contributed by atoms with Gasteiger partial charge in [0.2, 0.25) is 10.0 Å². The van der Waals surface area contributed by atoms with Crippen molar-refractivity contribution in [2.45, 2.75) is 25.0 Å². The summed E-state index contributed by atoms with van der Waals surface area (Å²) in [6.07, 6.45) is 2.21. The average molecular weight is 373 g/mol. The highest BCUT2D eigenvalue weighted by Crippen LogP contribution is 2.26. The van der Waals surface area contributed by atoms with Crippen LogP contribution in [0, 0.1) is 5.82 Å². The molecule has 0 aromatic heterocycles. The van der Waals surface area contributed by atoms with Crippen LogP contribution in [0.3, 0.4) is 0 Å². The number of hydrogen-bond acceptors (Lipinski definition) is 4. The molecule has 0 atom stereocenters. The van der Waals surface area contributed by atoms with E-state index in [1.54, 1.807) is 19.2 Å². The molecule has 7 nitrogen and oxygen atoms in total. The van der Waals surface area contributed by atoms with Crippen LogP contribution in [0.2, 0.25) is 0 Å². The number of ether oxygens (including phenoxy) is 1. The number of sulfonamides is 1. The van der Waals surface area contributed by atoms with Crippen LogP contribution in [0.5, 0.6) is 0 Å². The van der Waals surface area contributed by atoms with Crippen molar-refractivity contribution < 1.29 is 22.3 Å². The van der Waals surface area contributed by atoms with Gasteiger partial charge in [-0.1, -0.05) is 12.1 Å². The van der Waals surface area contributed by atoms with Crippen molar-refractivity contribution in [2.75, 3.05) is 33.0 Å². The minimum absolute atomic E-state index is 0.286. The molecule has 1 aliphatic heterocycles. The summed E-state index contributed by atoms with van der Waals surface area (Å²) in [5, 5.41) is 5.46. The molecule has 0 spiro atoms. The number of halogens is 1. The second-order valence-corrected chi connectivity index (χ2v) is 8.19. The summed E-state index contributed by atoms with van der Waals surface area (Å²) in [6.45, 7) is 1.31. The Morgan fingerprint density at radius 2 is 1.84 bits per heavy atom. The average Bonchev–Trinajstić information content (AvgIpc) is 2.59. The highest BCUT2D eigenvalue weighted by molar-refractivity contribution is 7.88. The molecule has 1 aromatic rings. The molecule has 1 aromatic carbocycles. The first-order valence-corrected chi connectivity index (χ1v) is 9.85. The number of benzene rings is 1. The lowest BCUT2D eigenvalue weighted by molar-refractivity contribution is -0.0417. The number of carbonyl (C=O) groups is 1. The molecular formula is C16H24FN3O4S. The van der Waals surface area contributed by atoms with E-state index in [0.29, 0.717) is 25.9 Å². The van der Waals surface area contributed by atoms with Crippen molar-refractivity contribution in [1.29, 1.82) is 0 Å². The molecule has 2 rings (SSSR count). The normalized spacial score (nSPS) is 17.9. The molecule has 1 saturated heterocycles. The van der Waals surface area contributed by atoms with Crippen molar-refractivity contribution in [3.8, 4) is 0 Å². The number of nitrogens with zero attached hydrogens (tertiary/aromatic N) is 1. The molecule has 25 heavy (non-hydrogen) atoms. The smallest absolute Gasteiger partial charge is 0.315 e. The molecule has 0 radical (unpaired) electrons. The number of rotatable bonds is 6. The van der Waals surface area contributed by atoms with Crippen LogP contribution >= 0.6 is 0 Å². The molecule has 0 saturated carbocycles. The van der Waals surface area contributed by atoms with Gasteiger partial charge in [0.15, 0.2) is 0 Å². The summed E-state index contributed by atoms with van der Waals surface area (Å²) in [4.78, 5) is 11.9. The number of piperidine rings is 1. The second-order valence-electron chi connectivity index (χ2n) is 6.21. The number of carbonyl (C=O) groups excluding carboxylic acids is 1. The molecule has 0 unspecified atom stereocenters. The number of hydrogen-bond donors (Lipinski definition) is 2. The van der Waals surface area contributed by atoms with Gasteiger partial charge in [-0.15, -0.1) is 0 Å². The maximum absolute atomic E-state index is 12.8. The van der Waals surface area contributed by atoms with E-state index in [-0.39, 0.29) is 24.9 Å². The van der Waals surface area contributed by atoms with E-state index in [0.717, 1.165) is 5.56 Å². The fraction of sp³-hybridized carbons (Fsp3) is 0.562. The van der Waals surface area contributed by atoms with E-state index >= 15 is 0 Å². The molecule has 1 fully saturated rings. The third-order valence-corrected chi connectivity index (χ3v) is 5.78. The number of nitrogens with one attached hydrogen (secondary N) is 2. The van der Waals surface area contributed by atoms with Gasteiger partial charge in [-0.2, -0.15) is 0 Å². The quantitative estimate of drug-likeness (QED) is 0.781. The van der Waals surface area contributed by atoms with Gasteiger partial charge in [0.1, 0.15) is 5.82 Å². The molecule has 0 aliphatic carbocycles. The minimum atomic E-state index is -3.21. The maximum atomic E-state index is 12.8. The topological polar surface area (TPSA) is 87.7 Å². The number of urea groups is 1. The van der Waals surface area contributed by atoms with Gasteiger partial charge in [-0.25, -0.2) is 21.9 Å². The molecule has 9 heteroatoms. The summed E-state index contributed by atoms with van der Waals surface area (Å²) >= 11 is 0. The summed E-state index contributed by atoms with van der Waals surface area (Å²) in [7, 11) is -1.64. The molecule has 1 aliphatic rings. The van der Waals surface area contributed by atoms with E-state index in [1.807, 2.05) is 0 Å². The largest absolute Gasteiger partial charge is 0.376 e. The Kier molecular flexibility index (Phi) is 6.36. The summed E-state index contributed by atoms with van der Waals surface area (Å²) in [6, 6.07) is 5.53. The third-order valence-electron chi connectivity index (χ3n) is 4.47. The standard InChI is InChI=1S/C16H24FN3O4S/c1-24-16(7-9-20(10-8-16)25(2,22)23)12-19-15(21)18-11-13-3-5-14(17)6-4-13/h3-6H,7-12H2,1-2H3,(H2,18,19,21). The zero-order chi connectivity index (χ0) is 18.5. The Balaban J connectivity index is 1.80. The predicted molar refractivity (Wildman–Crippen MR) is 92.0 cm³/mol. The molecule has 0 bridgehead atoms. The molecule has 140 valence electrons. The first-order chi connectivity index (χ1) is 11.7. The van der Waals surface area contributed by atoms with Gasteiger partial charge in [-0.05, 0) is 30.5 Å². The van der Waals surface area contributed by atoms with Crippen molar-refractivity contribution in [3.63, 3.8) is 0 Å². The molecule has 2 N–H and O–H groups in total. The summed E-state index contributed by atoms with van der Waals surface area (Å²) in [5.41, 5.74) is 0.216. The van der Waals surface area contributed by atoms with Crippen molar-refractivity contribution in [2.24, 2.45) is 0 Å². The summed E-state index contributed by atoms with van der Waals surface area (Å²) < 4.78 is 43.0. The Hall–Kier alpha value is -1.71. The first-order valence-electron chi connectivity index (χ1n) is 8.00. The Morgan fingerprint density at radius 3 is 2.36 bits per heavy atom. The van der Waals surface area contributed by atoms with Gasteiger partial charge in [0.25, 0.3) is 0 Å². The van der Waals surface area contributed by atoms with Crippen LogP contribution < -0.4 is 10.6 Å². The Bertz CT molecular complexity index is 686. The summed E-state index contributed by atoms with van der Waals surface area (Å²) in [5.74, 6) is -0.323. The van der Waals surface area contributed by atoms with E-state index in [4.69, 9.17) is 4.74 Å². The minimum Gasteiger partial charge on any atom is -0.376 e. The van der Waals surface area contributed by atoms with Gasteiger partial charge in [-0.3, -0.25) is 0 Å². The fourth-order valence-electron chi connectivity index (χ4n) is 2.77. The predicted octanol–water partition coefficient (Wildman–Crippen LogP) is 1.07. The van der Waals surface area contributed by atoms with Crippen LogP contribution in [0.15, 0.2) is 24.3 Å². The van der Waals surface area contributed by atoms with Crippen LogP contribution in [-0.2, 0) is 21.3 Å². The highest BCUT2D eigenvalue weighted by atomic mass is 32.2. The Labute approximate surface area is 147 Å². The van der Waals surface area contributed by atoms with E-state index in [1.165, 1.54) is 22.7 Å². The molecule has 1 heterocycles. The highest BCUT2D eigenvalue weighted by Gasteiger charge is 2.37. The third kappa shape index (κ3) is 5.65. The monoisotopic (exact) mass is 373 g/mol.